The number of thiazole rings is 1. The summed E-state index contributed by atoms with van der Waals surface area (Å²) in [6.07, 6.45) is 4.68. The fourth-order valence-corrected chi connectivity index (χ4v) is 4.44. The third-order valence-electron chi connectivity index (χ3n) is 4.95. The molecule has 0 atom stereocenters. The summed E-state index contributed by atoms with van der Waals surface area (Å²) >= 11 is 1.72. The van der Waals surface area contributed by atoms with Crippen molar-refractivity contribution in [1.82, 2.24) is 14.8 Å². The predicted octanol–water partition coefficient (Wildman–Crippen LogP) is 5.25. The first kappa shape index (κ1) is 19.2. The van der Waals surface area contributed by atoms with E-state index in [0.29, 0.717) is 0 Å². The summed E-state index contributed by atoms with van der Waals surface area (Å²) in [5.74, 6) is -0.0634. The normalized spacial score (nSPS) is 11.0. The lowest BCUT2D eigenvalue weighted by molar-refractivity contribution is -0.115. The van der Waals surface area contributed by atoms with Crippen LogP contribution >= 0.6 is 11.3 Å². The second kappa shape index (κ2) is 8.53. The number of hydrogen-bond donors (Lipinski definition) is 1. The molecule has 1 amide bonds. The van der Waals surface area contributed by atoms with Crippen LogP contribution in [0.25, 0.3) is 15.9 Å². The molecule has 0 unspecified atom stereocenters. The van der Waals surface area contributed by atoms with Crippen molar-refractivity contribution in [2.24, 2.45) is 0 Å². The number of carbonyl (C=O) groups excluding carboxylic acids is 1. The van der Waals surface area contributed by atoms with Crippen LogP contribution in [0.15, 0.2) is 91.3 Å². The maximum absolute atomic E-state index is 12.4. The van der Waals surface area contributed by atoms with E-state index in [0.717, 1.165) is 33.9 Å². The van der Waals surface area contributed by atoms with E-state index in [1.807, 2.05) is 79.0 Å². The molecule has 5 rings (SSSR count). The first-order chi connectivity index (χ1) is 15.2. The summed E-state index contributed by atoms with van der Waals surface area (Å²) in [5, 5.41) is 8.40. The second-order valence-corrected chi connectivity index (χ2v) is 8.42. The number of para-hydroxylation sites is 2. The average Bonchev–Trinajstić information content (AvgIpc) is 3.42. The third-order valence-corrected chi connectivity index (χ3v) is 5.99. The topological polar surface area (TPSA) is 59.8 Å². The largest absolute Gasteiger partial charge is 0.326 e. The molecule has 3 aromatic carbocycles. The standard InChI is InChI=1S/C25H20N4OS/c30-24(14-19-16-26-29(17-19)21-6-2-1-3-7-21)27-20-12-10-18(11-13-20)15-25-28-22-8-4-5-9-23(22)31-25/h1-13,16-17H,14-15H2,(H,27,30). The van der Waals surface area contributed by atoms with E-state index in [2.05, 4.69) is 16.5 Å². The van der Waals surface area contributed by atoms with Crippen LogP contribution in [0.4, 0.5) is 5.69 Å². The number of anilines is 1. The average molecular weight is 425 g/mol. The molecular formula is C25H20N4OS. The number of nitrogens with one attached hydrogen (secondary N) is 1. The Morgan fingerprint density at radius 3 is 2.48 bits per heavy atom. The molecule has 0 bridgehead atoms. The van der Waals surface area contributed by atoms with Crippen LogP contribution in [0, 0.1) is 0 Å². The summed E-state index contributed by atoms with van der Waals surface area (Å²) in [7, 11) is 0. The summed E-state index contributed by atoms with van der Waals surface area (Å²) in [5.41, 5.74) is 4.84. The van der Waals surface area contributed by atoms with Gasteiger partial charge in [-0.1, -0.05) is 42.5 Å². The number of fused-ring (bicyclic) bond motifs is 1. The van der Waals surface area contributed by atoms with E-state index in [1.54, 1.807) is 22.2 Å². The Kier molecular flexibility index (Phi) is 5.29. The third kappa shape index (κ3) is 4.54. The zero-order valence-electron chi connectivity index (χ0n) is 16.7. The van der Waals surface area contributed by atoms with Gasteiger partial charge in [-0.15, -0.1) is 11.3 Å². The Labute approximate surface area is 184 Å². The lowest BCUT2D eigenvalue weighted by Gasteiger charge is -2.05. The van der Waals surface area contributed by atoms with Crippen molar-refractivity contribution in [1.29, 1.82) is 0 Å². The number of carbonyl (C=O) groups is 1. The van der Waals surface area contributed by atoms with E-state index in [1.165, 1.54) is 10.3 Å². The minimum absolute atomic E-state index is 0.0634. The minimum atomic E-state index is -0.0634. The van der Waals surface area contributed by atoms with Gasteiger partial charge in [0.15, 0.2) is 0 Å². The highest BCUT2D eigenvalue weighted by Crippen LogP contribution is 2.24. The Bertz CT molecular complexity index is 1290. The van der Waals surface area contributed by atoms with Gasteiger partial charge < -0.3 is 5.32 Å². The van der Waals surface area contributed by atoms with Crippen LogP contribution in [0.5, 0.6) is 0 Å². The van der Waals surface area contributed by atoms with E-state index in [4.69, 9.17) is 4.98 Å². The Morgan fingerprint density at radius 2 is 1.68 bits per heavy atom. The summed E-state index contributed by atoms with van der Waals surface area (Å²) in [6, 6.07) is 26.0. The molecule has 1 N–H and O–H groups in total. The molecule has 31 heavy (non-hydrogen) atoms. The quantitative estimate of drug-likeness (QED) is 0.405. The zero-order valence-corrected chi connectivity index (χ0v) is 17.5. The van der Waals surface area contributed by atoms with Crippen LogP contribution in [-0.4, -0.2) is 20.7 Å². The van der Waals surface area contributed by atoms with Crippen molar-refractivity contribution in [2.45, 2.75) is 12.8 Å². The van der Waals surface area contributed by atoms with E-state index in [9.17, 15) is 4.79 Å². The van der Waals surface area contributed by atoms with Crippen LogP contribution in [-0.2, 0) is 17.6 Å². The maximum atomic E-state index is 12.4. The number of benzene rings is 3. The summed E-state index contributed by atoms with van der Waals surface area (Å²) < 4.78 is 2.98. The van der Waals surface area contributed by atoms with Crippen molar-refractivity contribution in [2.75, 3.05) is 5.32 Å². The van der Waals surface area contributed by atoms with Crippen molar-refractivity contribution < 1.29 is 4.79 Å². The summed E-state index contributed by atoms with van der Waals surface area (Å²) in [4.78, 5) is 17.1. The van der Waals surface area contributed by atoms with Gasteiger partial charge in [-0.05, 0) is 47.5 Å². The number of amides is 1. The molecule has 0 radical (unpaired) electrons. The number of hydrogen-bond acceptors (Lipinski definition) is 4. The molecule has 2 aromatic heterocycles. The van der Waals surface area contributed by atoms with Gasteiger partial charge in [-0.2, -0.15) is 5.10 Å². The molecule has 152 valence electrons. The molecule has 0 fully saturated rings. The number of nitrogens with zero attached hydrogens (tertiary/aromatic N) is 3. The maximum Gasteiger partial charge on any atom is 0.228 e. The van der Waals surface area contributed by atoms with Gasteiger partial charge in [-0.3, -0.25) is 4.79 Å². The Balaban J connectivity index is 1.19. The fourth-order valence-electron chi connectivity index (χ4n) is 3.44. The molecule has 0 aliphatic carbocycles. The molecule has 0 aliphatic heterocycles. The van der Waals surface area contributed by atoms with E-state index < -0.39 is 0 Å². The first-order valence-electron chi connectivity index (χ1n) is 10.1. The molecule has 6 heteroatoms. The molecule has 5 nitrogen and oxygen atoms in total. The van der Waals surface area contributed by atoms with Gasteiger partial charge in [0, 0.05) is 18.3 Å². The number of rotatable bonds is 6. The SMILES string of the molecule is O=C(Cc1cnn(-c2ccccc2)c1)Nc1ccc(Cc2nc3ccccc3s2)cc1. The molecule has 0 aliphatic rings. The highest BCUT2D eigenvalue weighted by molar-refractivity contribution is 7.18. The lowest BCUT2D eigenvalue weighted by Crippen LogP contribution is -2.14. The van der Waals surface area contributed by atoms with Crippen molar-refractivity contribution >= 4 is 33.1 Å². The van der Waals surface area contributed by atoms with Gasteiger partial charge >= 0.3 is 0 Å². The monoisotopic (exact) mass is 424 g/mol. The van der Waals surface area contributed by atoms with E-state index >= 15 is 0 Å². The van der Waals surface area contributed by atoms with Crippen molar-refractivity contribution in [3.05, 3.63) is 107 Å². The van der Waals surface area contributed by atoms with Gasteiger partial charge in [0.25, 0.3) is 0 Å². The van der Waals surface area contributed by atoms with E-state index in [-0.39, 0.29) is 12.3 Å². The predicted molar refractivity (Wildman–Crippen MR) is 125 cm³/mol. The lowest BCUT2D eigenvalue weighted by atomic mass is 10.1. The molecule has 2 heterocycles. The molecule has 5 aromatic rings. The molecular weight excluding hydrogens is 404 g/mol. The van der Waals surface area contributed by atoms with Crippen molar-refractivity contribution in [3.63, 3.8) is 0 Å². The van der Waals surface area contributed by atoms with Crippen LogP contribution < -0.4 is 5.32 Å². The minimum Gasteiger partial charge on any atom is -0.326 e. The fraction of sp³-hybridized carbons (Fsp3) is 0.0800. The van der Waals surface area contributed by atoms with Gasteiger partial charge in [0.1, 0.15) is 0 Å². The molecule has 0 spiro atoms. The van der Waals surface area contributed by atoms with Crippen LogP contribution in [0.3, 0.4) is 0 Å². The Hall–Kier alpha value is -3.77. The van der Waals surface area contributed by atoms with Crippen molar-refractivity contribution in [3.8, 4) is 5.69 Å². The highest BCUT2D eigenvalue weighted by Gasteiger charge is 2.08. The van der Waals surface area contributed by atoms with Crippen LogP contribution in [0.2, 0.25) is 0 Å². The van der Waals surface area contributed by atoms with Gasteiger partial charge in [-0.25, -0.2) is 9.67 Å². The first-order valence-corrected chi connectivity index (χ1v) is 10.9. The number of aromatic nitrogens is 3. The van der Waals surface area contributed by atoms with Gasteiger partial charge in [0.2, 0.25) is 5.91 Å². The smallest absolute Gasteiger partial charge is 0.228 e. The Morgan fingerprint density at radius 1 is 0.903 bits per heavy atom. The summed E-state index contributed by atoms with van der Waals surface area (Å²) in [6.45, 7) is 0. The molecule has 0 saturated carbocycles. The molecule has 0 saturated heterocycles. The highest BCUT2D eigenvalue weighted by atomic mass is 32.1. The van der Waals surface area contributed by atoms with Gasteiger partial charge in [0.05, 0.1) is 33.5 Å². The second-order valence-electron chi connectivity index (χ2n) is 7.30. The van der Waals surface area contributed by atoms with Crippen LogP contribution in [0.1, 0.15) is 16.1 Å². The zero-order chi connectivity index (χ0) is 21.0.